The van der Waals surface area contributed by atoms with Crippen molar-refractivity contribution in [3.8, 4) is 5.88 Å². The molecule has 0 unspecified atom stereocenters. The van der Waals surface area contributed by atoms with Crippen LogP contribution >= 0.6 is 0 Å². The summed E-state index contributed by atoms with van der Waals surface area (Å²) in [7, 11) is 0. The Morgan fingerprint density at radius 3 is 2.77 bits per heavy atom. The second kappa shape index (κ2) is 12.0. The van der Waals surface area contributed by atoms with Gasteiger partial charge in [-0.3, -0.25) is 9.78 Å². The maximum atomic E-state index is 13.9. The summed E-state index contributed by atoms with van der Waals surface area (Å²) in [4.78, 5) is 42.3. The third-order valence-electron chi connectivity index (χ3n) is 6.80. The first-order valence-electron chi connectivity index (χ1n) is 13.0. The number of para-hydroxylation sites is 1. The molecule has 0 radical (unpaired) electrons. The van der Waals surface area contributed by atoms with Crippen LogP contribution in [-0.2, 0) is 11.2 Å². The summed E-state index contributed by atoms with van der Waals surface area (Å²) in [5.74, 6) is 0.635. The number of aromatic amines is 1. The topological polar surface area (TPSA) is 145 Å². The number of ether oxygens (including phenoxy) is 1. The number of H-pyrrole nitrogens is 1. The number of rotatable bonds is 10. The third kappa shape index (κ3) is 6.58. The van der Waals surface area contributed by atoms with Crippen molar-refractivity contribution < 1.29 is 23.8 Å². The minimum absolute atomic E-state index is 0.0530. The first-order valence-corrected chi connectivity index (χ1v) is 13.0. The van der Waals surface area contributed by atoms with Crippen molar-refractivity contribution in [2.24, 2.45) is 5.92 Å². The van der Waals surface area contributed by atoms with Crippen LogP contribution in [-0.4, -0.2) is 74.7 Å². The zero-order chi connectivity index (χ0) is 27.2. The highest BCUT2D eigenvalue weighted by molar-refractivity contribution is 6.00. The number of piperidine rings is 1. The average Bonchev–Trinajstić information content (AvgIpc) is 3.37. The Balaban J connectivity index is 1.13. The number of aromatic nitrogens is 4. The number of halogens is 1. The molecule has 4 heterocycles. The van der Waals surface area contributed by atoms with E-state index in [1.54, 1.807) is 30.5 Å². The van der Waals surface area contributed by atoms with E-state index < -0.39 is 6.09 Å². The number of carbonyl (C=O) groups is 2. The molecule has 1 fully saturated rings. The normalized spacial score (nSPS) is 14.5. The molecule has 0 bridgehead atoms. The highest BCUT2D eigenvalue weighted by Gasteiger charge is 2.25. The first kappa shape index (κ1) is 26.3. The van der Waals surface area contributed by atoms with Crippen molar-refractivity contribution in [1.82, 2.24) is 30.2 Å². The van der Waals surface area contributed by atoms with Crippen LogP contribution in [0.15, 0.2) is 42.6 Å². The average molecular weight is 536 g/mol. The van der Waals surface area contributed by atoms with Crippen LogP contribution in [0.2, 0.25) is 0 Å². The van der Waals surface area contributed by atoms with Gasteiger partial charge in [-0.15, -0.1) is 0 Å². The summed E-state index contributed by atoms with van der Waals surface area (Å²) < 4.78 is 19.6. The molecule has 5 rings (SSSR count). The molecule has 4 N–H and O–H groups in total. The summed E-state index contributed by atoms with van der Waals surface area (Å²) >= 11 is 0. The molecule has 0 spiro atoms. The number of pyridine rings is 2. The first-order chi connectivity index (χ1) is 19.0. The number of likely N-dealkylation sites (tertiary alicyclic amines) is 1. The van der Waals surface area contributed by atoms with Gasteiger partial charge >= 0.3 is 6.09 Å². The van der Waals surface area contributed by atoms with Gasteiger partial charge in [0.1, 0.15) is 16.9 Å². The van der Waals surface area contributed by atoms with Gasteiger partial charge < -0.3 is 30.4 Å². The van der Waals surface area contributed by atoms with Gasteiger partial charge in [-0.25, -0.2) is 19.2 Å². The van der Waals surface area contributed by atoms with Crippen LogP contribution in [0.25, 0.3) is 22.1 Å². The van der Waals surface area contributed by atoms with Gasteiger partial charge in [0, 0.05) is 37.7 Å². The van der Waals surface area contributed by atoms with Crippen molar-refractivity contribution in [1.29, 1.82) is 0 Å². The van der Waals surface area contributed by atoms with Gasteiger partial charge in [-0.05, 0) is 56.6 Å². The van der Waals surface area contributed by atoms with Gasteiger partial charge in [-0.2, -0.15) is 0 Å². The van der Waals surface area contributed by atoms with Crippen molar-refractivity contribution in [3.63, 3.8) is 0 Å². The SMILES string of the molecule is O=C(O)NCCCOc1ccc2nccc(NC(=O)C3CCN(CCc4nc5c(F)cccc5[nH]4)CC3)c2n1. The van der Waals surface area contributed by atoms with E-state index in [1.807, 2.05) is 6.07 Å². The van der Waals surface area contributed by atoms with E-state index in [0.717, 1.165) is 38.3 Å². The molecule has 1 aliphatic heterocycles. The van der Waals surface area contributed by atoms with E-state index in [4.69, 9.17) is 9.84 Å². The van der Waals surface area contributed by atoms with E-state index in [0.29, 0.717) is 53.1 Å². The standard InChI is InChI=1S/C27H30FN7O4/c28-18-3-1-4-20-24(18)33-22(31-20)10-15-35-13-8-17(9-14-35)26(36)32-21-7-12-29-19-5-6-23(34-25(19)21)39-16-2-11-30-27(37)38/h1,3-7,12,17,30H,2,8-11,13-16H2,(H,31,33)(H,37,38)(H,29,32,36). The van der Waals surface area contributed by atoms with Crippen LogP contribution in [0.3, 0.4) is 0 Å². The van der Waals surface area contributed by atoms with Crippen LogP contribution < -0.4 is 15.4 Å². The molecule has 1 aromatic carbocycles. The largest absolute Gasteiger partial charge is 0.478 e. The summed E-state index contributed by atoms with van der Waals surface area (Å²) in [6.07, 6.45) is 3.20. The maximum Gasteiger partial charge on any atom is 0.404 e. The number of carbonyl (C=O) groups excluding carboxylic acids is 1. The molecular formula is C27H30FN7O4. The van der Waals surface area contributed by atoms with Crippen LogP contribution in [0.1, 0.15) is 25.1 Å². The molecule has 39 heavy (non-hydrogen) atoms. The lowest BCUT2D eigenvalue weighted by atomic mass is 9.95. The fraction of sp³-hybridized carbons (Fsp3) is 0.370. The lowest BCUT2D eigenvalue weighted by molar-refractivity contribution is -0.121. The van der Waals surface area contributed by atoms with Gasteiger partial charge in [0.05, 0.1) is 23.3 Å². The number of fused-ring (bicyclic) bond motifs is 2. The second-order valence-electron chi connectivity index (χ2n) is 9.48. The number of imidazole rings is 1. The Labute approximate surface area is 223 Å². The summed E-state index contributed by atoms with van der Waals surface area (Å²) in [6, 6.07) is 10.1. The van der Waals surface area contributed by atoms with Gasteiger partial charge in [0.15, 0.2) is 5.82 Å². The Kier molecular flexibility index (Phi) is 8.11. The van der Waals surface area contributed by atoms with Crippen LogP contribution in [0.5, 0.6) is 5.88 Å². The predicted octanol–water partition coefficient (Wildman–Crippen LogP) is 3.57. The molecule has 0 aliphatic carbocycles. The van der Waals surface area contributed by atoms with Crippen LogP contribution in [0.4, 0.5) is 14.9 Å². The summed E-state index contributed by atoms with van der Waals surface area (Å²) in [5.41, 5.74) is 2.81. The van der Waals surface area contributed by atoms with Crippen molar-refractivity contribution in [2.45, 2.75) is 25.7 Å². The number of carboxylic acid groups (broad SMARTS) is 1. The monoisotopic (exact) mass is 535 g/mol. The van der Waals surface area contributed by atoms with E-state index in [-0.39, 0.29) is 24.2 Å². The molecule has 1 saturated heterocycles. The lowest BCUT2D eigenvalue weighted by Crippen LogP contribution is -2.39. The molecule has 1 aliphatic rings. The Bertz CT molecular complexity index is 1470. The van der Waals surface area contributed by atoms with Gasteiger partial charge in [0.25, 0.3) is 0 Å². The number of amides is 2. The number of benzene rings is 1. The summed E-state index contributed by atoms with van der Waals surface area (Å²) in [5, 5.41) is 13.9. The fourth-order valence-electron chi connectivity index (χ4n) is 4.72. The number of nitrogens with one attached hydrogen (secondary N) is 3. The number of hydrogen-bond donors (Lipinski definition) is 4. The highest BCUT2D eigenvalue weighted by Crippen LogP contribution is 2.25. The highest BCUT2D eigenvalue weighted by atomic mass is 19.1. The minimum atomic E-state index is -1.07. The van der Waals surface area contributed by atoms with E-state index in [9.17, 15) is 14.0 Å². The molecule has 4 aromatic rings. The second-order valence-corrected chi connectivity index (χ2v) is 9.48. The Morgan fingerprint density at radius 2 is 1.97 bits per heavy atom. The van der Waals surface area contributed by atoms with Crippen molar-refractivity contribution in [3.05, 3.63) is 54.2 Å². The van der Waals surface area contributed by atoms with Gasteiger partial charge in [-0.1, -0.05) is 6.07 Å². The zero-order valence-electron chi connectivity index (χ0n) is 21.3. The van der Waals surface area contributed by atoms with Crippen LogP contribution in [0, 0.1) is 11.7 Å². The zero-order valence-corrected chi connectivity index (χ0v) is 21.3. The smallest absolute Gasteiger partial charge is 0.404 e. The van der Waals surface area contributed by atoms with E-state index >= 15 is 0 Å². The molecule has 2 amide bonds. The quantitative estimate of drug-likeness (QED) is 0.226. The molecule has 0 atom stereocenters. The number of hydrogen-bond acceptors (Lipinski definition) is 7. The number of nitrogens with zero attached hydrogens (tertiary/aromatic N) is 4. The molecule has 12 heteroatoms. The number of anilines is 1. The minimum Gasteiger partial charge on any atom is -0.478 e. The Morgan fingerprint density at radius 1 is 1.13 bits per heavy atom. The molecule has 11 nitrogen and oxygen atoms in total. The van der Waals surface area contributed by atoms with Crippen molar-refractivity contribution >= 4 is 39.8 Å². The molecular weight excluding hydrogens is 505 g/mol. The molecule has 204 valence electrons. The Hall–Kier alpha value is -4.32. The molecule has 3 aromatic heterocycles. The van der Waals surface area contributed by atoms with Crippen molar-refractivity contribution in [2.75, 3.05) is 38.1 Å². The predicted molar refractivity (Wildman–Crippen MR) is 143 cm³/mol. The lowest BCUT2D eigenvalue weighted by Gasteiger charge is -2.31. The third-order valence-corrected chi connectivity index (χ3v) is 6.80. The van der Waals surface area contributed by atoms with Gasteiger partial charge in [0.2, 0.25) is 11.8 Å². The van der Waals surface area contributed by atoms with E-state index in [1.165, 1.54) is 6.07 Å². The summed E-state index contributed by atoms with van der Waals surface area (Å²) in [6.45, 7) is 2.94. The van der Waals surface area contributed by atoms with E-state index in [2.05, 4.69) is 35.5 Å². The molecule has 0 saturated carbocycles. The fourth-order valence-corrected chi connectivity index (χ4v) is 4.72. The maximum absolute atomic E-state index is 13.9.